The van der Waals surface area contributed by atoms with Crippen LogP contribution in [0.25, 0.3) is 0 Å². The molecule has 1 aliphatic heterocycles. The van der Waals surface area contributed by atoms with Gasteiger partial charge >= 0.3 is 0 Å². The molecular weight excluding hydrogens is 562 g/mol. The molecule has 1 saturated heterocycles. The maximum Gasteiger partial charge on any atom is 0.220 e. The van der Waals surface area contributed by atoms with E-state index in [1.165, 1.54) is 0 Å². The van der Waals surface area contributed by atoms with Gasteiger partial charge in [0.25, 0.3) is 0 Å². The van der Waals surface area contributed by atoms with Gasteiger partial charge in [0.1, 0.15) is 24.4 Å². The lowest BCUT2D eigenvalue weighted by Gasteiger charge is -2.40. The van der Waals surface area contributed by atoms with Gasteiger partial charge in [-0.3, -0.25) is 4.79 Å². The first-order valence-corrected chi connectivity index (χ1v) is 16.5. The number of unbranched alkanes of at least 4 members (excludes halogenated alkanes) is 4. The fourth-order valence-corrected chi connectivity index (χ4v) is 4.66. The van der Waals surface area contributed by atoms with Crippen LogP contribution in [0.4, 0.5) is 0 Å². The molecule has 7 atom stereocenters. The molecule has 252 valence electrons. The van der Waals surface area contributed by atoms with E-state index in [2.05, 4.69) is 79.9 Å². The van der Waals surface area contributed by atoms with E-state index in [1.54, 1.807) is 0 Å². The maximum absolute atomic E-state index is 12.7. The van der Waals surface area contributed by atoms with Crippen LogP contribution in [0.15, 0.2) is 60.8 Å². The molecule has 7 unspecified atom stereocenters. The third-order valence-corrected chi connectivity index (χ3v) is 7.39. The Morgan fingerprint density at radius 2 is 1.39 bits per heavy atom. The van der Waals surface area contributed by atoms with E-state index >= 15 is 0 Å². The molecule has 0 radical (unpaired) electrons. The van der Waals surface area contributed by atoms with Crippen LogP contribution in [-0.2, 0) is 14.3 Å². The van der Waals surface area contributed by atoms with E-state index in [0.29, 0.717) is 12.8 Å². The lowest BCUT2D eigenvalue weighted by molar-refractivity contribution is -0.302. The van der Waals surface area contributed by atoms with Gasteiger partial charge in [-0.1, -0.05) is 100 Å². The quantitative estimate of drug-likeness (QED) is 0.0680. The SMILES string of the molecule is CC/C=C\C/C=C\C/C=C\C/C=C\C/C=C\CCCC(=O)NC(COC1OC(CO)C(O)C(O)C1O)C(O)CCCCCC. The molecule has 9 nitrogen and oxygen atoms in total. The molecule has 0 saturated carbocycles. The van der Waals surface area contributed by atoms with Crippen LogP contribution in [0.3, 0.4) is 0 Å². The Morgan fingerprint density at radius 1 is 0.795 bits per heavy atom. The highest BCUT2D eigenvalue weighted by atomic mass is 16.7. The number of nitrogens with one attached hydrogen (secondary N) is 1. The highest BCUT2D eigenvalue weighted by Gasteiger charge is 2.44. The zero-order valence-corrected chi connectivity index (χ0v) is 26.9. The molecule has 0 aromatic rings. The topological polar surface area (TPSA) is 149 Å². The van der Waals surface area contributed by atoms with Gasteiger partial charge in [-0.25, -0.2) is 0 Å². The first kappa shape index (κ1) is 39.9. The predicted octanol–water partition coefficient (Wildman–Crippen LogP) is 4.54. The monoisotopic (exact) mass is 621 g/mol. The minimum Gasteiger partial charge on any atom is -0.394 e. The molecule has 0 aliphatic carbocycles. The molecule has 6 N–H and O–H groups in total. The molecule has 1 aliphatic rings. The van der Waals surface area contributed by atoms with Gasteiger partial charge in [0.2, 0.25) is 5.91 Å². The van der Waals surface area contributed by atoms with Crippen molar-refractivity contribution in [1.82, 2.24) is 5.32 Å². The van der Waals surface area contributed by atoms with Crippen molar-refractivity contribution < 1.29 is 39.8 Å². The van der Waals surface area contributed by atoms with Crippen molar-refractivity contribution in [2.24, 2.45) is 0 Å². The standard InChI is InChI=1S/C35H59NO8/c1-3-5-7-9-10-11-12-13-14-15-16-17-18-19-20-21-23-25-31(39)36-28(29(38)24-22-8-6-4-2)27-43-35-34(42)33(41)32(40)30(26-37)44-35/h5,7,10-11,13-14,16-17,19-20,28-30,32-35,37-38,40-42H,3-4,6,8-9,12,15,18,21-27H2,1-2H3,(H,36,39)/b7-5-,11-10-,14-13-,17-16-,20-19-. The largest absolute Gasteiger partial charge is 0.394 e. The lowest BCUT2D eigenvalue weighted by Crippen LogP contribution is -2.60. The van der Waals surface area contributed by atoms with Gasteiger partial charge < -0.3 is 40.3 Å². The highest BCUT2D eigenvalue weighted by molar-refractivity contribution is 5.76. The summed E-state index contributed by atoms with van der Waals surface area (Å²) >= 11 is 0. The second-order valence-corrected chi connectivity index (χ2v) is 11.2. The van der Waals surface area contributed by atoms with E-state index in [-0.39, 0.29) is 18.9 Å². The van der Waals surface area contributed by atoms with Crippen molar-refractivity contribution in [3.8, 4) is 0 Å². The zero-order valence-electron chi connectivity index (χ0n) is 26.9. The van der Waals surface area contributed by atoms with Crippen LogP contribution in [0.1, 0.15) is 97.3 Å². The van der Waals surface area contributed by atoms with E-state index in [4.69, 9.17) is 9.47 Å². The second kappa shape index (κ2) is 26.1. The molecule has 0 spiro atoms. The van der Waals surface area contributed by atoms with E-state index in [9.17, 15) is 30.3 Å². The summed E-state index contributed by atoms with van der Waals surface area (Å²) in [6.07, 6.45) is 24.4. The molecule has 44 heavy (non-hydrogen) atoms. The lowest BCUT2D eigenvalue weighted by atomic mass is 9.99. The molecule has 1 fully saturated rings. The summed E-state index contributed by atoms with van der Waals surface area (Å²) in [5.74, 6) is -0.215. The third-order valence-electron chi connectivity index (χ3n) is 7.39. The Labute approximate surface area is 265 Å². The number of ether oxygens (including phenoxy) is 2. The van der Waals surface area contributed by atoms with Crippen molar-refractivity contribution in [2.75, 3.05) is 13.2 Å². The van der Waals surface area contributed by atoms with E-state index < -0.39 is 49.5 Å². The Bertz CT molecular complexity index is 869. The van der Waals surface area contributed by atoms with Crippen molar-refractivity contribution in [1.29, 1.82) is 0 Å². The minimum absolute atomic E-state index is 0.169. The number of carbonyl (C=O) groups excluding carboxylic acids is 1. The Hall–Kier alpha value is -2.11. The molecule has 0 bridgehead atoms. The fraction of sp³-hybridized carbons (Fsp3) is 0.686. The average molecular weight is 622 g/mol. The van der Waals surface area contributed by atoms with Crippen LogP contribution in [0.5, 0.6) is 0 Å². The third kappa shape index (κ3) is 18.0. The predicted molar refractivity (Wildman–Crippen MR) is 175 cm³/mol. The molecule has 1 rings (SSSR count). The number of hydrogen-bond donors (Lipinski definition) is 6. The Morgan fingerprint density at radius 3 is 1.95 bits per heavy atom. The smallest absolute Gasteiger partial charge is 0.220 e. The summed E-state index contributed by atoms with van der Waals surface area (Å²) in [5.41, 5.74) is 0. The molecule has 1 heterocycles. The number of aliphatic hydroxyl groups is 5. The normalized spacial score (nSPS) is 24.4. The van der Waals surface area contributed by atoms with Crippen molar-refractivity contribution >= 4 is 5.91 Å². The van der Waals surface area contributed by atoms with E-state index in [0.717, 1.165) is 64.2 Å². The highest BCUT2D eigenvalue weighted by Crippen LogP contribution is 2.22. The summed E-state index contributed by atoms with van der Waals surface area (Å²) in [6.45, 7) is 3.50. The number of rotatable bonds is 24. The average Bonchev–Trinajstić information content (AvgIpc) is 3.02. The van der Waals surface area contributed by atoms with Gasteiger partial charge in [0, 0.05) is 6.42 Å². The number of aliphatic hydroxyl groups excluding tert-OH is 5. The van der Waals surface area contributed by atoms with Gasteiger partial charge in [0.05, 0.1) is 25.4 Å². The van der Waals surface area contributed by atoms with Gasteiger partial charge in [-0.2, -0.15) is 0 Å². The summed E-state index contributed by atoms with van der Waals surface area (Å²) in [5, 5.41) is 53.3. The van der Waals surface area contributed by atoms with Crippen molar-refractivity contribution in [2.45, 2.75) is 140 Å². The maximum atomic E-state index is 12.7. The van der Waals surface area contributed by atoms with Gasteiger partial charge in [-0.15, -0.1) is 0 Å². The van der Waals surface area contributed by atoms with Crippen LogP contribution < -0.4 is 5.32 Å². The van der Waals surface area contributed by atoms with Gasteiger partial charge in [0.15, 0.2) is 6.29 Å². The zero-order chi connectivity index (χ0) is 32.4. The summed E-state index contributed by atoms with van der Waals surface area (Å²) in [7, 11) is 0. The van der Waals surface area contributed by atoms with Crippen molar-refractivity contribution in [3.05, 3.63) is 60.8 Å². The van der Waals surface area contributed by atoms with Crippen LogP contribution in [-0.4, -0.2) is 87.5 Å². The Balaban J connectivity index is 2.42. The number of allylic oxidation sites excluding steroid dienone is 10. The summed E-state index contributed by atoms with van der Waals surface area (Å²) in [6, 6.07) is -0.745. The summed E-state index contributed by atoms with van der Waals surface area (Å²) in [4.78, 5) is 12.7. The molecular formula is C35H59NO8. The van der Waals surface area contributed by atoms with Crippen molar-refractivity contribution in [3.63, 3.8) is 0 Å². The Kier molecular flexibility index (Phi) is 23.7. The van der Waals surface area contributed by atoms with Crippen LogP contribution in [0, 0.1) is 0 Å². The molecule has 9 heteroatoms. The first-order chi connectivity index (χ1) is 21.3. The second-order valence-electron chi connectivity index (χ2n) is 11.2. The first-order valence-electron chi connectivity index (χ1n) is 16.5. The van der Waals surface area contributed by atoms with E-state index in [1.807, 2.05) is 0 Å². The molecule has 0 aromatic carbocycles. The number of amides is 1. The molecule has 0 aromatic heterocycles. The molecule has 1 amide bonds. The van der Waals surface area contributed by atoms with Crippen LogP contribution in [0.2, 0.25) is 0 Å². The van der Waals surface area contributed by atoms with Crippen LogP contribution >= 0.6 is 0 Å². The van der Waals surface area contributed by atoms with Gasteiger partial charge in [-0.05, 0) is 51.4 Å². The minimum atomic E-state index is -1.56. The number of hydrogen-bond acceptors (Lipinski definition) is 8. The fourth-order valence-electron chi connectivity index (χ4n) is 4.66. The summed E-state index contributed by atoms with van der Waals surface area (Å²) < 4.78 is 11.0. The number of carbonyl (C=O) groups is 1.